The lowest BCUT2D eigenvalue weighted by Gasteiger charge is -2.13. The van der Waals surface area contributed by atoms with Crippen molar-refractivity contribution in [1.29, 1.82) is 5.26 Å². The van der Waals surface area contributed by atoms with Gasteiger partial charge in [0.05, 0.1) is 11.3 Å². The fraction of sp³-hybridized carbons (Fsp3) is 0.0588. The minimum atomic E-state index is -5.03. The van der Waals surface area contributed by atoms with Crippen molar-refractivity contribution < 1.29 is 35.5 Å². The van der Waals surface area contributed by atoms with Gasteiger partial charge in [-0.3, -0.25) is 0 Å². The highest BCUT2D eigenvalue weighted by Gasteiger charge is 2.33. The van der Waals surface area contributed by atoms with Gasteiger partial charge in [-0.2, -0.15) is 23.6 Å². The third-order valence-corrected chi connectivity index (χ3v) is 3.64. The van der Waals surface area contributed by atoms with Gasteiger partial charge < -0.3 is 10.1 Å². The Balaban J connectivity index is 1.93. The summed E-state index contributed by atoms with van der Waals surface area (Å²) in [6, 6.07) is 2.55. The van der Waals surface area contributed by atoms with Crippen LogP contribution >= 0.6 is 0 Å². The summed E-state index contributed by atoms with van der Waals surface area (Å²) in [5.41, 5.74) is -2.33. The average molecular weight is 444 g/mol. The molecule has 3 aromatic rings. The third kappa shape index (κ3) is 4.71. The smallest absolute Gasteiger partial charge is 0.416 e. The van der Waals surface area contributed by atoms with Crippen LogP contribution in [-0.2, 0) is 6.18 Å². The van der Waals surface area contributed by atoms with E-state index in [1.165, 1.54) is 0 Å². The van der Waals surface area contributed by atoms with Crippen LogP contribution in [0.4, 0.5) is 36.4 Å². The zero-order valence-corrected chi connectivity index (χ0v) is 14.7. The topological polar surface area (TPSA) is 99.5 Å². The summed E-state index contributed by atoms with van der Waals surface area (Å²) in [6.45, 7) is 0. The first-order valence-corrected chi connectivity index (χ1v) is 7.94. The maximum atomic E-state index is 14.0. The Hall–Kier alpha value is -4.15. The van der Waals surface area contributed by atoms with Gasteiger partial charge in [-0.15, -0.1) is 10.2 Å². The number of hydrogen-bond donors (Lipinski definition) is 2. The molecule has 0 radical (unpaired) electrons. The zero-order valence-electron chi connectivity index (χ0n) is 14.7. The highest BCUT2D eigenvalue weighted by molar-refractivity contribution is 5.74. The normalized spacial score (nSPS) is 11.9. The Bertz CT molecular complexity index is 1160. The quantitative estimate of drug-likeness (QED) is 0.443. The summed E-state index contributed by atoms with van der Waals surface area (Å²) < 4.78 is 98.5. The van der Waals surface area contributed by atoms with Crippen molar-refractivity contribution in [1.82, 2.24) is 20.6 Å². The summed E-state index contributed by atoms with van der Waals surface area (Å²) >= 11 is 0. The van der Waals surface area contributed by atoms with Crippen LogP contribution in [0, 0.1) is 34.6 Å². The van der Waals surface area contributed by atoms with E-state index in [2.05, 4.69) is 25.9 Å². The molecule has 0 amide bonds. The number of ether oxygens (including phenoxy) is 1. The Morgan fingerprint density at radius 3 is 2.26 bits per heavy atom. The number of anilines is 1. The molecular formula is C17H7F7N6O. The molecule has 0 aliphatic carbocycles. The highest BCUT2D eigenvalue weighted by Crippen LogP contribution is 2.37. The second kappa shape index (κ2) is 8.30. The maximum Gasteiger partial charge on any atom is 0.416 e. The van der Waals surface area contributed by atoms with Crippen LogP contribution in [0.15, 0.2) is 30.5 Å². The Morgan fingerprint density at radius 1 is 1.03 bits per heavy atom. The van der Waals surface area contributed by atoms with Gasteiger partial charge >= 0.3 is 6.18 Å². The van der Waals surface area contributed by atoms with Gasteiger partial charge in [0.25, 0.3) is 0 Å². The van der Waals surface area contributed by atoms with Gasteiger partial charge in [0.2, 0.25) is 5.82 Å². The first-order valence-electron chi connectivity index (χ1n) is 7.94. The molecule has 7 nitrogen and oxygen atoms in total. The Morgan fingerprint density at radius 2 is 1.71 bits per heavy atom. The number of aromatic amines is 1. The third-order valence-electron chi connectivity index (χ3n) is 3.64. The summed E-state index contributed by atoms with van der Waals surface area (Å²) in [5.74, 6) is -8.48. The van der Waals surface area contributed by atoms with Crippen molar-refractivity contribution in [2.75, 3.05) is 5.32 Å². The molecule has 14 heteroatoms. The molecule has 2 N–H and O–H groups in total. The van der Waals surface area contributed by atoms with E-state index in [0.29, 0.717) is 12.1 Å². The summed E-state index contributed by atoms with van der Waals surface area (Å²) in [5, 5.41) is 23.7. The molecular weight excluding hydrogens is 437 g/mol. The van der Waals surface area contributed by atoms with Gasteiger partial charge in [0.15, 0.2) is 29.0 Å². The van der Waals surface area contributed by atoms with Crippen LogP contribution in [0.1, 0.15) is 11.4 Å². The van der Waals surface area contributed by atoms with Crippen LogP contribution in [0.25, 0.3) is 5.57 Å². The van der Waals surface area contributed by atoms with E-state index in [1.807, 2.05) is 0 Å². The molecule has 160 valence electrons. The van der Waals surface area contributed by atoms with Crippen molar-refractivity contribution in [3.8, 4) is 17.6 Å². The molecule has 0 bridgehead atoms. The molecule has 0 aliphatic rings. The number of allylic oxidation sites excluding steroid dienone is 1. The zero-order chi connectivity index (χ0) is 22.8. The van der Waals surface area contributed by atoms with E-state index in [-0.39, 0.29) is 23.5 Å². The predicted molar refractivity (Wildman–Crippen MR) is 89.2 cm³/mol. The number of benzene rings is 2. The van der Waals surface area contributed by atoms with Crippen molar-refractivity contribution in [3.63, 3.8) is 0 Å². The monoisotopic (exact) mass is 444 g/mol. The number of H-pyrrole nitrogens is 1. The second-order valence-electron chi connectivity index (χ2n) is 5.68. The Labute approximate surface area is 167 Å². The van der Waals surface area contributed by atoms with E-state index in [9.17, 15) is 30.7 Å². The fourth-order valence-corrected chi connectivity index (χ4v) is 2.22. The molecule has 1 heterocycles. The molecule has 0 spiro atoms. The van der Waals surface area contributed by atoms with Crippen LogP contribution in [0.2, 0.25) is 0 Å². The maximum absolute atomic E-state index is 14.0. The van der Waals surface area contributed by atoms with E-state index in [4.69, 9.17) is 10.00 Å². The van der Waals surface area contributed by atoms with E-state index >= 15 is 0 Å². The molecule has 0 saturated heterocycles. The van der Waals surface area contributed by atoms with Crippen LogP contribution < -0.4 is 10.1 Å². The number of tetrazole rings is 1. The van der Waals surface area contributed by atoms with Gasteiger partial charge in [-0.1, -0.05) is 0 Å². The van der Waals surface area contributed by atoms with Gasteiger partial charge in [-0.25, -0.2) is 17.6 Å². The molecule has 2 aromatic carbocycles. The minimum Gasteiger partial charge on any atom is -0.448 e. The molecule has 0 fully saturated rings. The van der Waals surface area contributed by atoms with Crippen molar-refractivity contribution in [3.05, 3.63) is 65.1 Å². The number of nitriles is 1. The molecule has 1 aromatic heterocycles. The predicted octanol–water partition coefficient (Wildman–Crippen LogP) is 4.54. The van der Waals surface area contributed by atoms with Crippen LogP contribution in [0.3, 0.4) is 0 Å². The van der Waals surface area contributed by atoms with E-state index < -0.39 is 52.2 Å². The summed E-state index contributed by atoms with van der Waals surface area (Å²) in [7, 11) is 0. The van der Waals surface area contributed by atoms with E-state index in [0.717, 1.165) is 6.20 Å². The average Bonchev–Trinajstić information content (AvgIpc) is 3.21. The Kier molecular flexibility index (Phi) is 5.77. The first-order chi connectivity index (χ1) is 14.6. The number of aromatic nitrogens is 4. The molecule has 0 aliphatic heterocycles. The lowest BCUT2D eigenvalue weighted by molar-refractivity contribution is -0.138. The van der Waals surface area contributed by atoms with Crippen molar-refractivity contribution >= 4 is 11.3 Å². The fourth-order valence-electron chi connectivity index (χ4n) is 2.22. The number of hydrogen-bond acceptors (Lipinski definition) is 6. The molecule has 0 unspecified atom stereocenters. The lowest BCUT2D eigenvalue weighted by atomic mass is 10.2. The van der Waals surface area contributed by atoms with Gasteiger partial charge in [0.1, 0.15) is 17.5 Å². The van der Waals surface area contributed by atoms with Crippen molar-refractivity contribution in [2.45, 2.75) is 6.18 Å². The number of nitrogens with zero attached hydrogens (tertiary/aromatic N) is 4. The molecule has 0 atom stereocenters. The van der Waals surface area contributed by atoms with Crippen LogP contribution in [-0.4, -0.2) is 20.6 Å². The SMILES string of the molecule is N#CC(=CNc1cc(Oc2c(F)cc(C(F)(F)F)cc2F)c(F)cc1F)c1nn[nH]n1. The van der Waals surface area contributed by atoms with Gasteiger partial charge in [-0.05, 0) is 17.3 Å². The summed E-state index contributed by atoms with van der Waals surface area (Å²) in [4.78, 5) is 0. The first kappa shape index (κ1) is 21.6. The second-order valence-corrected chi connectivity index (χ2v) is 5.68. The molecule has 0 saturated carbocycles. The number of nitrogens with one attached hydrogen (secondary N) is 2. The standard InChI is InChI=1S/C17H7F7N6O/c18-9-3-10(19)14(4-13(9)26-6-7(5-25)16-27-29-30-28-16)31-15-11(20)1-8(2-12(15)21)17(22,23)24/h1-4,6,26H,(H,27,28,29,30). The largest absolute Gasteiger partial charge is 0.448 e. The number of rotatable bonds is 5. The summed E-state index contributed by atoms with van der Waals surface area (Å²) in [6.07, 6.45) is -4.09. The lowest BCUT2D eigenvalue weighted by Crippen LogP contribution is -2.07. The van der Waals surface area contributed by atoms with Crippen LogP contribution in [0.5, 0.6) is 11.5 Å². The minimum absolute atomic E-state index is 0.0359. The van der Waals surface area contributed by atoms with Crippen molar-refractivity contribution in [2.24, 2.45) is 0 Å². The highest BCUT2D eigenvalue weighted by atomic mass is 19.4. The van der Waals surface area contributed by atoms with E-state index in [1.54, 1.807) is 6.07 Å². The molecule has 31 heavy (non-hydrogen) atoms. The van der Waals surface area contributed by atoms with Gasteiger partial charge in [0, 0.05) is 18.3 Å². The number of halogens is 7. The number of alkyl halides is 3. The molecule has 3 rings (SSSR count).